The van der Waals surface area contributed by atoms with Gasteiger partial charge in [0.05, 0.1) is 27.2 Å². The maximum Gasteiger partial charge on any atom is 0.303 e. The quantitative estimate of drug-likeness (QED) is 0.379. The number of hydrogen-bond donors (Lipinski definition) is 1. The summed E-state index contributed by atoms with van der Waals surface area (Å²) in [4.78, 5) is 22.5. The maximum absolute atomic E-state index is 11.1. The summed E-state index contributed by atoms with van der Waals surface area (Å²) in [7, 11) is 5.24. The van der Waals surface area contributed by atoms with E-state index in [1.807, 2.05) is 50.5 Å². The van der Waals surface area contributed by atoms with E-state index < -0.39 is 5.97 Å². The number of carboxylic acid groups (broad SMARTS) is 1. The number of ether oxygens (including phenoxy) is 3. The Morgan fingerprint density at radius 1 is 1.14 bits per heavy atom. The van der Waals surface area contributed by atoms with Gasteiger partial charge in [0.25, 0.3) is 0 Å². The zero-order chi connectivity index (χ0) is 25.7. The Morgan fingerprint density at radius 3 is 2.69 bits per heavy atom. The van der Waals surface area contributed by atoms with E-state index in [0.717, 1.165) is 54.1 Å². The van der Waals surface area contributed by atoms with Gasteiger partial charge in [0.2, 0.25) is 0 Å². The molecule has 1 N–H and O–H groups in total. The van der Waals surface area contributed by atoms with Crippen LogP contribution in [0.15, 0.2) is 42.6 Å². The Kier molecular flexibility index (Phi) is 7.93. The van der Waals surface area contributed by atoms with E-state index in [-0.39, 0.29) is 12.3 Å². The number of anilines is 1. The molecule has 0 aliphatic heterocycles. The third kappa shape index (κ3) is 5.70. The van der Waals surface area contributed by atoms with E-state index in [9.17, 15) is 4.79 Å². The second-order valence-corrected chi connectivity index (χ2v) is 9.09. The van der Waals surface area contributed by atoms with Crippen LogP contribution < -0.4 is 19.1 Å². The first-order valence-corrected chi connectivity index (χ1v) is 12.1. The van der Waals surface area contributed by atoms with E-state index in [0.29, 0.717) is 23.9 Å². The molecule has 0 saturated heterocycles. The largest absolute Gasteiger partial charge is 0.494 e. The van der Waals surface area contributed by atoms with Crippen LogP contribution in [0.1, 0.15) is 41.9 Å². The van der Waals surface area contributed by atoms with Gasteiger partial charge in [-0.2, -0.15) is 0 Å². The van der Waals surface area contributed by atoms with E-state index in [4.69, 9.17) is 24.3 Å². The minimum atomic E-state index is -0.743. The zero-order valence-corrected chi connectivity index (χ0v) is 21.3. The van der Waals surface area contributed by atoms with Gasteiger partial charge in [-0.3, -0.25) is 4.79 Å². The average Bonchev–Trinajstić information content (AvgIpc) is 3.27. The summed E-state index contributed by atoms with van der Waals surface area (Å²) in [5.41, 5.74) is 4.20. The molecule has 0 bridgehead atoms. The number of hydrogen-bond acceptors (Lipinski definition) is 7. The smallest absolute Gasteiger partial charge is 0.303 e. The van der Waals surface area contributed by atoms with Gasteiger partial charge >= 0.3 is 5.97 Å². The lowest BCUT2D eigenvalue weighted by Crippen LogP contribution is -2.22. The van der Waals surface area contributed by atoms with Crippen LogP contribution >= 0.6 is 0 Å². The number of aliphatic carboxylic acids is 1. The molecule has 2 aromatic carbocycles. The summed E-state index contributed by atoms with van der Waals surface area (Å²) >= 11 is 0. The van der Waals surface area contributed by atoms with Crippen molar-refractivity contribution < 1.29 is 24.1 Å². The van der Waals surface area contributed by atoms with Crippen molar-refractivity contribution in [2.75, 3.05) is 39.3 Å². The van der Waals surface area contributed by atoms with E-state index in [1.165, 1.54) is 5.56 Å². The standard InChI is InChI=1S/C28H33N3O5/c1-18-17-29-27(21-8-11-24(34-3)25(15-21)35-4)30-28(18)31(2)12-5-13-36-22-9-10-23-19(14-22)6-7-20(23)16-26(32)33/h8-11,14-15,17,20H,5-7,12-13,16H2,1-4H3,(H,32,33)/t20-/m0/s1. The lowest BCUT2D eigenvalue weighted by atomic mass is 9.98. The van der Waals surface area contributed by atoms with Gasteiger partial charge < -0.3 is 24.2 Å². The highest BCUT2D eigenvalue weighted by atomic mass is 16.5. The predicted octanol–water partition coefficient (Wildman–Crippen LogP) is 4.88. The maximum atomic E-state index is 11.1. The molecule has 8 nitrogen and oxygen atoms in total. The third-order valence-electron chi connectivity index (χ3n) is 6.59. The van der Waals surface area contributed by atoms with Crippen molar-refractivity contribution >= 4 is 11.8 Å². The summed E-state index contributed by atoms with van der Waals surface area (Å²) in [6.07, 6.45) is 4.64. The molecule has 0 fully saturated rings. The number of nitrogens with zero attached hydrogens (tertiary/aromatic N) is 3. The lowest BCUT2D eigenvalue weighted by molar-refractivity contribution is -0.137. The molecule has 1 aliphatic rings. The molecule has 1 atom stereocenters. The first-order valence-electron chi connectivity index (χ1n) is 12.1. The van der Waals surface area contributed by atoms with Crippen LogP contribution in [-0.4, -0.2) is 55.5 Å². The Bertz CT molecular complexity index is 1230. The lowest BCUT2D eigenvalue weighted by Gasteiger charge is -2.21. The Balaban J connectivity index is 1.35. The number of carboxylic acids is 1. The van der Waals surface area contributed by atoms with Gasteiger partial charge in [-0.1, -0.05) is 6.07 Å². The van der Waals surface area contributed by atoms with Crippen molar-refractivity contribution in [3.05, 3.63) is 59.3 Å². The van der Waals surface area contributed by atoms with Crippen LogP contribution in [0.3, 0.4) is 0 Å². The molecule has 0 amide bonds. The van der Waals surface area contributed by atoms with Gasteiger partial charge in [-0.25, -0.2) is 9.97 Å². The molecule has 0 saturated carbocycles. The van der Waals surface area contributed by atoms with Crippen LogP contribution in [-0.2, 0) is 11.2 Å². The molecular formula is C28H33N3O5. The Morgan fingerprint density at radius 2 is 1.94 bits per heavy atom. The second-order valence-electron chi connectivity index (χ2n) is 9.09. The summed E-state index contributed by atoms with van der Waals surface area (Å²) < 4.78 is 16.7. The van der Waals surface area contributed by atoms with Gasteiger partial charge in [-0.15, -0.1) is 0 Å². The fourth-order valence-corrected chi connectivity index (χ4v) is 4.73. The molecule has 0 radical (unpaired) electrons. The predicted molar refractivity (Wildman–Crippen MR) is 138 cm³/mol. The summed E-state index contributed by atoms with van der Waals surface area (Å²) in [5, 5.41) is 9.11. The van der Waals surface area contributed by atoms with Crippen LogP contribution in [0.2, 0.25) is 0 Å². The van der Waals surface area contributed by atoms with Gasteiger partial charge in [0.1, 0.15) is 11.6 Å². The SMILES string of the molecule is COc1ccc(-c2ncc(C)c(N(C)CCCOc3ccc4c(c3)CC[C@H]4CC(=O)O)n2)cc1OC. The van der Waals surface area contributed by atoms with Crippen molar-refractivity contribution in [1.82, 2.24) is 9.97 Å². The van der Waals surface area contributed by atoms with Gasteiger partial charge in [-0.05, 0) is 73.6 Å². The number of aromatic nitrogens is 2. The number of benzene rings is 2. The highest BCUT2D eigenvalue weighted by Crippen LogP contribution is 2.37. The van der Waals surface area contributed by atoms with Crippen molar-refractivity contribution in [3.63, 3.8) is 0 Å². The molecule has 1 aromatic heterocycles. The Labute approximate surface area is 211 Å². The van der Waals surface area contributed by atoms with E-state index in [1.54, 1.807) is 14.2 Å². The third-order valence-corrected chi connectivity index (χ3v) is 6.59. The minimum Gasteiger partial charge on any atom is -0.494 e. The van der Waals surface area contributed by atoms with Crippen LogP contribution in [0.25, 0.3) is 11.4 Å². The summed E-state index contributed by atoms with van der Waals surface area (Å²) in [6, 6.07) is 11.7. The van der Waals surface area contributed by atoms with E-state index >= 15 is 0 Å². The van der Waals surface area contributed by atoms with Crippen LogP contribution in [0.4, 0.5) is 5.82 Å². The zero-order valence-electron chi connectivity index (χ0n) is 21.3. The Hall–Kier alpha value is -3.81. The molecule has 0 unspecified atom stereocenters. The van der Waals surface area contributed by atoms with E-state index in [2.05, 4.69) is 16.0 Å². The molecule has 190 valence electrons. The van der Waals surface area contributed by atoms with Gasteiger partial charge in [0.15, 0.2) is 17.3 Å². The molecule has 0 spiro atoms. The summed E-state index contributed by atoms with van der Waals surface area (Å²) in [6.45, 7) is 3.35. The molecule has 3 aromatic rings. The monoisotopic (exact) mass is 491 g/mol. The molecule has 1 heterocycles. The van der Waals surface area contributed by atoms with Crippen LogP contribution in [0, 0.1) is 6.92 Å². The number of methoxy groups -OCH3 is 2. The minimum absolute atomic E-state index is 0.111. The molecule has 36 heavy (non-hydrogen) atoms. The topological polar surface area (TPSA) is 94.0 Å². The van der Waals surface area contributed by atoms with Gasteiger partial charge in [0, 0.05) is 30.9 Å². The normalized spacial score (nSPS) is 14.3. The number of rotatable bonds is 11. The fraction of sp³-hybridized carbons (Fsp3) is 0.393. The average molecular weight is 492 g/mol. The first-order chi connectivity index (χ1) is 17.4. The first kappa shape index (κ1) is 25.3. The van der Waals surface area contributed by atoms with Crippen molar-refractivity contribution in [1.29, 1.82) is 0 Å². The van der Waals surface area contributed by atoms with Crippen molar-refractivity contribution in [2.24, 2.45) is 0 Å². The number of carbonyl (C=O) groups is 1. The van der Waals surface area contributed by atoms with Crippen molar-refractivity contribution in [2.45, 2.75) is 38.5 Å². The molecule has 1 aliphatic carbocycles. The molecule has 8 heteroatoms. The second kappa shape index (κ2) is 11.3. The highest BCUT2D eigenvalue weighted by Gasteiger charge is 2.25. The van der Waals surface area contributed by atoms with Crippen LogP contribution in [0.5, 0.6) is 17.2 Å². The molecular weight excluding hydrogens is 458 g/mol. The van der Waals surface area contributed by atoms with Crippen molar-refractivity contribution in [3.8, 4) is 28.6 Å². The number of aryl methyl sites for hydroxylation is 2. The molecule has 4 rings (SSSR count). The number of fused-ring (bicyclic) bond motifs is 1. The summed E-state index contributed by atoms with van der Waals surface area (Å²) in [5.74, 6) is 2.99. The fourth-order valence-electron chi connectivity index (χ4n) is 4.73. The highest BCUT2D eigenvalue weighted by molar-refractivity contribution is 5.68.